The summed E-state index contributed by atoms with van der Waals surface area (Å²) in [5.41, 5.74) is 0.893. The van der Waals surface area contributed by atoms with Gasteiger partial charge in [0.25, 0.3) is 5.91 Å². The van der Waals surface area contributed by atoms with Crippen LogP contribution < -0.4 is 14.8 Å². The SMILES string of the molecule is COc1ccccc1NC(=O)c1cc(Cl)c(OC)c(Cl)c1. The summed E-state index contributed by atoms with van der Waals surface area (Å²) >= 11 is 12.1. The van der Waals surface area contributed by atoms with E-state index in [1.54, 1.807) is 18.2 Å². The summed E-state index contributed by atoms with van der Waals surface area (Å²) in [6, 6.07) is 10.1. The van der Waals surface area contributed by atoms with Crippen LogP contribution in [0.5, 0.6) is 11.5 Å². The molecule has 4 nitrogen and oxygen atoms in total. The summed E-state index contributed by atoms with van der Waals surface area (Å²) < 4.78 is 10.2. The molecular formula is C15H13Cl2NO3. The summed E-state index contributed by atoms with van der Waals surface area (Å²) in [5, 5.41) is 3.29. The molecule has 0 aliphatic heterocycles. The Hall–Kier alpha value is -1.91. The van der Waals surface area contributed by atoms with E-state index < -0.39 is 0 Å². The van der Waals surface area contributed by atoms with Crippen molar-refractivity contribution in [3.8, 4) is 11.5 Å². The van der Waals surface area contributed by atoms with Gasteiger partial charge in [-0.2, -0.15) is 0 Å². The molecule has 6 heteroatoms. The van der Waals surface area contributed by atoms with Gasteiger partial charge in [0.1, 0.15) is 5.75 Å². The summed E-state index contributed by atoms with van der Waals surface area (Å²) in [6.07, 6.45) is 0. The number of ether oxygens (including phenoxy) is 2. The molecule has 0 fully saturated rings. The molecule has 0 saturated heterocycles. The molecule has 0 aliphatic carbocycles. The minimum atomic E-state index is -0.342. The van der Waals surface area contributed by atoms with Gasteiger partial charge in [0.05, 0.1) is 30.0 Å². The molecule has 0 spiro atoms. The van der Waals surface area contributed by atoms with E-state index in [1.807, 2.05) is 6.07 Å². The Kier molecular flexibility index (Phi) is 4.94. The van der Waals surface area contributed by atoms with Crippen molar-refractivity contribution in [1.82, 2.24) is 0 Å². The lowest BCUT2D eigenvalue weighted by Gasteiger charge is -2.11. The Morgan fingerprint density at radius 3 is 2.24 bits per heavy atom. The van der Waals surface area contributed by atoms with Gasteiger partial charge in [0.2, 0.25) is 0 Å². The first-order valence-corrected chi connectivity index (χ1v) is 6.79. The summed E-state index contributed by atoms with van der Waals surface area (Å²) in [5.74, 6) is 0.565. The molecule has 0 unspecified atom stereocenters. The Balaban J connectivity index is 2.29. The van der Waals surface area contributed by atoms with Gasteiger partial charge in [-0.05, 0) is 24.3 Å². The van der Waals surface area contributed by atoms with E-state index in [0.29, 0.717) is 22.7 Å². The zero-order valence-electron chi connectivity index (χ0n) is 11.4. The molecule has 2 aromatic rings. The van der Waals surface area contributed by atoms with Gasteiger partial charge < -0.3 is 14.8 Å². The van der Waals surface area contributed by atoms with Crippen molar-refractivity contribution in [2.24, 2.45) is 0 Å². The molecule has 0 atom stereocenters. The normalized spacial score (nSPS) is 10.1. The number of anilines is 1. The Bertz CT molecular complexity index is 651. The highest BCUT2D eigenvalue weighted by molar-refractivity contribution is 6.37. The molecule has 0 aliphatic rings. The molecule has 1 amide bonds. The van der Waals surface area contributed by atoms with Crippen molar-refractivity contribution in [3.05, 3.63) is 52.0 Å². The quantitative estimate of drug-likeness (QED) is 0.913. The Morgan fingerprint density at radius 1 is 1.05 bits per heavy atom. The number of para-hydroxylation sites is 2. The molecule has 0 aromatic heterocycles. The van der Waals surface area contributed by atoms with Crippen molar-refractivity contribution >= 4 is 34.8 Å². The monoisotopic (exact) mass is 325 g/mol. The van der Waals surface area contributed by atoms with Crippen LogP contribution in [-0.2, 0) is 0 Å². The molecule has 0 bridgehead atoms. The molecule has 1 N–H and O–H groups in total. The van der Waals surface area contributed by atoms with Crippen LogP contribution in [0.2, 0.25) is 10.0 Å². The molecule has 2 aromatic carbocycles. The lowest BCUT2D eigenvalue weighted by molar-refractivity contribution is 0.102. The minimum Gasteiger partial charge on any atom is -0.495 e. The number of rotatable bonds is 4. The van der Waals surface area contributed by atoms with E-state index >= 15 is 0 Å². The maximum absolute atomic E-state index is 12.3. The maximum atomic E-state index is 12.3. The molecule has 110 valence electrons. The Labute approximate surface area is 132 Å². The molecule has 0 radical (unpaired) electrons. The lowest BCUT2D eigenvalue weighted by Crippen LogP contribution is -2.12. The fraction of sp³-hybridized carbons (Fsp3) is 0.133. The van der Waals surface area contributed by atoms with E-state index in [9.17, 15) is 4.79 Å². The number of nitrogens with one attached hydrogen (secondary N) is 1. The fourth-order valence-electron chi connectivity index (χ4n) is 1.83. The van der Waals surface area contributed by atoms with E-state index in [0.717, 1.165) is 0 Å². The van der Waals surface area contributed by atoms with Crippen molar-refractivity contribution in [2.45, 2.75) is 0 Å². The summed E-state index contributed by atoms with van der Waals surface area (Å²) in [7, 11) is 2.99. The van der Waals surface area contributed by atoms with Crippen LogP contribution in [0.25, 0.3) is 0 Å². The minimum absolute atomic E-state index is 0.273. The van der Waals surface area contributed by atoms with E-state index in [4.69, 9.17) is 32.7 Å². The van der Waals surface area contributed by atoms with Crippen molar-refractivity contribution < 1.29 is 14.3 Å². The average molecular weight is 326 g/mol. The number of hydrogen-bond acceptors (Lipinski definition) is 3. The third kappa shape index (κ3) is 3.40. The number of halogens is 2. The number of hydrogen-bond donors (Lipinski definition) is 1. The third-order valence-electron chi connectivity index (χ3n) is 2.82. The molecule has 21 heavy (non-hydrogen) atoms. The van der Waals surface area contributed by atoms with Gasteiger partial charge in [-0.1, -0.05) is 35.3 Å². The molecular weight excluding hydrogens is 313 g/mol. The second-order valence-electron chi connectivity index (χ2n) is 4.13. The second-order valence-corrected chi connectivity index (χ2v) is 4.94. The number of benzene rings is 2. The Morgan fingerprint density at radius 2 is 1.67 bits per heavy atom. The van der Waals surface area contributed by atoms with Crippen molar-refractivity contribution in [2.75, 3.05) is 19.5 Å². The predicted molar refractivity (Wildman–Crippen MR) is 84.0 cm³/mol. The number of carbonyl (C=O) groups excluding carboxylic acids is 1. The van der Waals surface area contributed by atoms with Gasteiger partial charge in [-0.3, -0.25) is 4.79 Å². The van der Waals surface area contributed by atoms with Gasteiger partial charge in [0.15, 0.2) is 5.75 Å². The van der Waals surface area contributed by atoms with Gasteiger partial charge in [0, 0.05) is 5.56 Å². The van der Waals surface area contributed by atoms with Crippen LogP contribution in [0, 0.1) is 0 Å². The van der Waals surface area contributed by atoms with Crippen LogP contribution in [0.1, 0.15) is 10.4 Å². The number of methoxy groups -OCH3 is 2. The lowest BCUT2D eigenvalue weighted by atomic mass is 10.2. The van der Waals surface area contributed by atoms with E-state index in [2.05, 4.69) is 5.32 Å². The van der Waals surface area contributed by atoms with Crippen molar-refractivity contribution in [3.63, 3.8) is 0 Å². The van der Waals surface area contributed by atoms with Crippen LogP contribution in [0.4, 0.5) is 5.69 Å². The smallest absolute Gasteiger partial charge is 0.255 e. The van der Waals surface area contributed by atoms with Crippen LogP contribution >= 0.6 is 23.2 Å². The first kappa shape index (κ1) is 15.5. The average Bonchev–Trinajstić information content (AvgIpc) is 2.47. The van der Waals surface area contributed by atoms with Crippen molar-refractivity contribution in [1.29, 1.82) is 0 Å². The standard InChI is InChI=1S/C15H13Cl2NO3/c1-20-13-6-4-3-5-12(13)18-15(19)9-7-10(16)14(21-2)11(17)8-9/h3-8H,1-2H3,(H,18,19). The molecule has 0 heterocycles. The molecule has 0 saturated carbocycles. The largest absolute Gasteiger partial charge is 0.495 e. The third-order valence-corrected chi connectivity index (χ3v) is 3.38. The summed E-state index contributed by atoms with van der Waals surface area (Å²) in [6.45, 7) is 0. The van der Waals surface area contributed by atoms with Gasteiger partial charge >= 0.3 is 0 Å². The van der Waals surface area contributed by atoms with Gasteiger partial charge in [-0.15, -0.1) is 0 Å². The zero-order chi connectivity index (χ0) is 15.4. The first-order chi connectivity index (χ1) is 10.1. The topological polar surface area (TPSA) is 47.6 Å². The number of carbonyl (C=O) groups is 1. The predicted octanol–water partition coefficient (Wildman–Crippen LogP) is 4.26. The van der Waals surface area contributed by atoms with Crippen LogP contribution in [0.3, 0.4) is 0 Å². The van der Waals surface area contributed by atoms with Crippen LogP contribution in [-0.4, -0.2) is 20.1 Å². The highest BCUT2D eigenvalue weighted by atomic mass is 35.5. The summed E-state index contributed by atoms with van der Waals surface area (Å²) in [4.78, 5) is 12.3. The highest BCUT2D eigenvalue weighted by Gasteiger charge is 2.14. The highest BCUT2D eigenvalue weighted by Crippen LogP contribution is 2.34. The first-order valence-electron chi connectivity index (χ1n) is 6.04. The van der Waals surface area contributed by atoms with Gasteiger partial charge in [-0.25, -0.2) is 0 Å². The zero-order valence-corrected chi connectivity index (χ0v) is 13.0. The maximum Gasteiger partial charge on any atom is 0.255 e. The number of amides is 1. The molecule has 2 rings (SSSR count). The van der Waals surface area contributed by atoms with E-state index in [1.165, 1.54) is 26.4 Å². The van der Waals surface area contributed by atoms with E-state index in [-0.39, 0.29) is 16.0 Å². The second kappa shape index (κ2) is 6.70. The fourth-order valence-corrected chi connectivity index (χ4v) is 2.47. The van der Waals surface area contributed by atoms with Crippen LogP contribution in [0.15, 0.2) is 36.4 Å².